The maximum absolute atomic E-state index is 12.2. The molecule has 0 aliphatic carbocycles. The van der Waals surface area contributed by atoms with Crippen molar-refractivity contribution in [3.05, 3.63) is 35.7 Å². The molecule has 3 heterocycles. The van der Waals surface area contributed by atoms with Crippen LogP contribution in [0.15, 0.2) is 35.7 Å². The topological polar surface area (TPSA) is 31.0 Å². The van der Waals surface area contributed by atoms with Gasteiger partial charge in [-0.2, -0.15) is 0 Å². The number of alkyl halides is 3. The number of nitrogens with one attached hydrogen (secondary N) is 1. The van der Waals surface area contributed by atoms with Crippen molar-refractivity contribution in [3.63, 3.8) is 0 Å². The van der Waals surface area contributed by atoms with Gasteiger partial charge < -0.3 is 15.0 Å². The van der Waals surface area contributed by atoms with Crippen molar-refractivity contribution in [2.45, 2.75) is 19.2 Å². The van der Waals surface area contributed by atoms with Gasteiger partial charge in [0.05, 0.1) is 10.7 Å². The van der Waals surface area contributed by atoms with E-state index in [-0.39, 0.29) is 5.75 Å². The molecule has 0 spiro atoms. The number of piperazine rings is 1. The molecule has 28 heavy (non-hydrogen) atoms. The largest absolute Gasteiger partial charge is 0.573 e. The minimum absolute atomic E-state index is 0.222. The molecule has 4 rings (SSSR count). The van der Waals surface area contributed by atoms with Gasteiger partial charge in [0.2, 0.25) is 0 Å². The maximum Gasteiger partial charge on any atom is 0.573 e. The molecule has 0 unspecified atom stereocenters. The van der Waals surface area contributed by atoms with Crippen LogP contribution >= 0.6 is 11.3 Å². The van der Waals surface area contributed by atoms with Gasteiger partial charge in [0.1, 0.15) is 5.75 Å². The second-order valence-corrected chi connectivity index (χ2v) is 7.86. The molecule has 2 saturated heterocycles. The zero-order valence-electron chi connectivity index (χ0n) is 15.4. The third-order valence-corrected chi connectivity index (χ3v) is 6.00. The van der Waals surface area contributed by atoms with Gasteiger partial charge in [-0.15, -0.1) is 24.5 Å². The molecule has 2 aromatic rings. The van der Waals surface area contributed by atoms with Crippen LogP contribution in [0.1, 0.15) is 12.8 Å². The Kier molecular flexibility index (Phi) is 5.65. The quantitative estimate of drug-likeness (QED) is 0.780. The fourth-order valence-corrected chi connectivity index (χ4v) is 4.55. The average Bonchev–Trinajstić information content (AvgIpc) is 3.34. The number of ether oxygens (including phenoxy) is 1. The monoisotopic (exact) mass is 412 g/mol. The highest BCUT2D eigenvalue weighted by Gasteiger charge is 2.31. The van der Waals surface area contributed by atoms with Crippen molar-refractivity contribution >= 4 is 27.7 Å². The number of hydrazine groups is 1. The summed E-state index contributed by atoms with van der Waals surface area (Å²) in [6.07, 6.45) is -2.08. The van der Waals surface area contributed by atoms with Crippen molar-refractivity contribution in [2.24, 2.45) is 0 Å². The lowest BCUT2D eigenvalue weighted by atomic mass is 10.3. The minimum Gasteiger partial charge on any atom is -0.406 e. The summed E-state index contributed by atoms with van der Waals surface area (Å²) >= 11 is 1.68. The fourth-order valence-electron chi connectivity index (χ4n) is 3.65. The second-order valence-electron chi connectivity index (χ2n) is 6.97. The predicted octanol–water partition coefficient (Wildman–Crippen LogP) is 4.52. The molecule has 9 heteroatoms. The lowest BCUT2D eigenvalue weighted by Crippen LogP contribution is -2.52. The molecular formula is C19H23F3N4OS. The molecule has 1 N–H and O–H groups in total. The van der Waals surface area contributed by atoms with Gasteiger partial charge in [-0.05, 0) is 43.2 Å². The Balaban J connectivity index is 1.31. The van der Waals surface area contributed by atoms with Crippen LogP contribution in [0.2, 0.25) is 0 Å². The molecule has 152 valence electrons. The number of thiophene rings is 1. The van der Waals surface area contributed by atoms with Gasteiger partial charge in [-0.3, -0.25) is 0 Å². The van der Waals surface area contributed by atoms with E-state index in [0.717, 1.165) is 37.6 Å². The summed E-state index contributed by atoms with van der Waals surface area (Å²) in [7, 11) is 0. The third-order valence-electron chi connectivity index (χ3n) is 5.01. The molecule has 5 nitrogen and oxygen atoms in total. The highest BCUT2D eigenvalue weighted by molar-refractivity contribution is 7.14. The van der Waals surface area contributed by atoms with Crippen LogP contribution in [0, 0.1) is 0 Å². The van der Waals surface area contributed by atoms with E-state index >= 15 is 0 Å². The molecule has 2 aliphatic heterocycles. The number of hydrogen-bond acceptors (Lipinski definition) is 6. The minimum atomic E-state index is -4.67. The number of hydrogen-bond donors (Lipinski definition) is 1. The van der Waals surface area contributed by atoms with Crippen molar-refractivity contribution in [1.29, 1.82) is 0 Å². The Morgan fingerprint density at radius 3 is 2.14 bits per heavy atom. The van der Waals surface area contributed by atoms with Gasteiger partial charge in [-0.1, -0.05) is 0 Å². The van der Waals surface area contributed by atoms with Crippen LogP contribution in [0.5, 0.6) is 5.75 Å². The SMILES string of the molecule is FC(F)(F)Oc1ccc(Nc2csc(N3CCN(N4CCCC4)CC3)c2)cc1. The van der Waals surface area contributed by atoms with E-state index in [1.54, 1.807) is 23.5 Å². The number of anilines is 3. The average molecular weight is 412 g/mol. The van der Waals surface area contributed by atoms with Gasteiger partial charge in [0.15, 0.2) is 0 Å². The van der Waals surface area contributed by atoms with Crippen molar-refractivity contribution in [3.8, 4) is 5.75 Å². The van der Waals surface area contributed by atoms with Gasteiger partial charge >= 0.3 is 6.36 Å². The lowest BCUT2D eigenvalue weighted by Gasteiger charge is -2.39. The van der Waals surface area contributed by atoms with Crippen molar-refractivity contribution in [2.75, 3.05) is 49.5 Å². The summed E-state index contributed by atoms with van der Waals surface area (Å²) in [5.41, 5.74) is 1.66. The van der Waals surface area contributed by atoms with Gasteiger partial charge in [0, 0.05) is 50.3 Å². The fraction of sp³-hybridized carbons (Fsp3) is 0.474. The van der Waals surface area contributed by atoms with E-state index < -0.39 is 6.36 Å². The normalized spacial score (nSPS) is 19.2. The Labute approximate surface area is 166 Å². The number of benzene rings is 1. The van der Waals surface area contributed by atoms with Crippen LogP contribution in [-0.2, 0) is 0 Å². The molecule has 2 fully saturated rings. The van der Waals surface area contributed by atoms with Crippen LogP contribution in [-0.4, -0.2) is 55.6 Å². The summed E-state index contributed by atoms with van der Waals surface area (Å²) in [6.45, 7) is 6.45. The Morgan fingerprint density at radius 2 is 1.50 bits per heavy atom. The van der Waals surface area contributed by atoms with E-state index in [1.165, 1.54) is 43.1 Å². The first-order valence-electron chi connectivity index (χ1n) is 9.42. The number of halogens is 3. The van der Waals surface area contributed by atoms with E-state index in [1.807, 2.05) is 5.38 Å². The molecule has 0 atom stereocenters. The first-order valence-corrected chi connectivity index (χ1v) is 10.3. The molecule has 0 saturated carbocycles. The smallest absolute Gasteiger partial charge is 0.406 e. The van der Waals surface area contributed by atoms with Crippen molar-refractivity contribution < 1.29 is 17.9 Å². The molecule has 1 aromatic heterocycles. The summed E-state index contributed by atoms with van der Waals surface area (Å²) < 4.78 is 40.6. The van der Waals surface area contributed by atoms with Crippen LogP contribution in [0.3, 0.4) is 0 Å². The zero-order valence-corrected chi connectivity index (χ0v) is 16.2. The first kappa shape index (κ1) is 19.4. The Hall–Kier alpha value is -1.97. The lowest BCUT2D eigenvalue weighted by molar-refractivity contribution is -0.274. The van der Waals surface area contributed by atoms with E-state index in [4.69, 9.17) is 0 Å². The highest BCUT2D eigenvalue weighted by Crippen LogP contribution is 2.32. The van der Waals surface area contributed by atoms with Gasteiger partial charge in [0.25, 0.3) is 0 Å². The molecule has 0 bridgehead atoms. The predicted molar refractivity (Wildman–Crippen MR) is 105 cm³/mol. The summed E-state index contributed by atoms with van der Waals surface area (Å²) in [4.78, 5) is 2.39. The van der Waals surface area contributed by atoms with E-state index in [2.05, 4.69) is 31.0 Å². The third kappa shape index (κ3) is 4.89. The van der Waals surface area contributed by atoms with E-state index in [0.29, 0.717) is 0 Å². The van der Waals surface area contributed by atoms with Crippen LogP contribution < -0.4 is 15.0 Å². The second kappa shape index (κ2) is 8.18. The molecule has 1 aromatic carbocycles. The number of nitrogens with zero attached hydrogens (tertiary/aromatic N) is 3. The summed E-state index contributed by atoms with van der Waals surface area (Å²) in [5, 5.41) is 11.4. The highest BCUT2D eigenvalue weighted by atomic mass is 32.1. The first-order chi connectivity index (χ1) is 13.5. The summed E-state index contributed by atoms with van der Waals surface area (Å²) in [5.74, 6) is -0.222. The van der Waals surface area contributed by atoms with E-state index in [9.17, 15) is 13.2 Å². The van der Waals surface area contributed by atoms with Crippen LogP contribution in [0.4, 0.5) is 29.5 Å². The maximum atomic E-state index is 12.2. The molecular weight excluding hydrogens is 389 g/mol. The Morgan fingerprint density at radius 1 is 0.857 bits per heavy atom. The molecule has 0 radical (unpaired) electrons. The standard InChI is InChI=1S/C19H23F3N4OS/c20-19(21,22)27-17-5-3-15(4-6-17)23-16-13-18(28-14-16)24-9-11-26(12-10-24)25-7-1-2-8-25/h3-6,13-14,23H,1-2,7-12H2. The van der Waals surface area contributed by atoms with Gasteiger partial charge in [-0.25, -0.2) is 10.0 Å². The summed E-state index contributed by atoms with van der Waals surface area (Å²) in [6, 6.07) is 7.86. The Bertz CT molecular complexity index is 766. The van der Waals surface area contributed by atoms with Crippen LogP contribution in [0.25, 0.3) is 0 Å². The molecule has 2 aliphatic rings. The molecule has 0 amide bonds. The zero-order chi connectivity index (χ0) is 19.6. The number of rotatable bonds is 5. The van der Waals surface area contributed by atoms with Crippen molar-refractivity contribution in [1.82, 2.24) is 10.0 Å².